The number of rotatable bonds is 4. The summed E-state index contributed by atoms with van der Waals surface area (Å²) in [5.41, 5.74) is 7.01. The molecule has 0 bridgehead atoms. The van der Waals surface area contributed by atoms with E-state index in [1.807, 2.05) is 6.33 Å². The first-order valence-corrected chi connectivity index (χ1v) is 9.61. The summed E-state index contributed by atoms with van der Waals surface area (Å²) >= 11 is 0. The lowest BCUT2D eigenvalue weighted by molar-refractivity contribution is 0.195. The summed E-state index contributed by atoms with van der Waals surface area (Å²) in [6.07, 6.45) is 3.73. The van der Waals surface area contributed by atoms with Crippen LogP contribution in [0.15, 0.2) is 36.7 Å². The van der Waals surface area contributed by atoms with Crippen LogP contribution in [0.2, 0.25) is 0 Å². The van der Waals surface area contributed by atoms with E-state index in [0.29, 0.717) is 0 Å². The van der Waals surface area contributed by atoms with Gasteiger partial charge in [0.25, 0.3) is 0 Å². The average Bonchev–Trinajstić information content (AvgIpc) is 3.39. The molecular formula is C21H24N6. The Bertz CT molecular complexity index is 1050. The van der Waals surface area contributed by atoms with Gasteiger partial charge in [-0.1, -0.05) is 25.1 Å². The number of imidazole rings is 2. The summed E-state index contributed by atoms with van der Waals surface area (Å²) in [5.74, 6) is 1.06. The Hall–Kier alpha value is -2.86. The van der Waals surface area contributed by atoms with Crippen LogP contribution in [-0.4, -0.2) is 36.4 Å². The van der Waals surface area contributed by atoms with E-state index < -0.39 is 0 Å². The molecule has 5 rings (SSSR count). The fourth-order valence-corrected chi connectivity index (χ4v) is 4.16. The molecule has 27 heavy (non-hydrogen) atoms. The average molecular weight is 360 g/mol. The molecule has 0 spiro atoms. The SMILES string of the molecule is CCc1nc(CN2CCc3[nH]cnc3[C@@H]2c2cc3ccccc3[nH]2)c(C)[nH]1. The summed E-state index contributed by atoms with van der Waals surface area (Å²) in [7, 11) is 0. The molecule has 4 aromatic rings. The van der Waals surface area contributed by atoms with Gasteiger partial charge in [-0.25, -0.2) is 9.97 Å². The lowest BCUT2D eigenvalue weighted by atomic mass is 9.99. The molecular weight excluding hydrogens is 336 g/mol. The van der Waals surface area contributed by atoms with E-state index in [1.54, 1.807) is 0 Å². The predicted octanol–water partition coefficient (Wildman–Crippen LogP) is 3.63. The Kier molecular flexibility index (Phi) is 3.86. The van der Waals surface area contributed by atoms with Crippen LogP contribution >= 0.6 is 0 Å². The first-order chi connectivity index (χ1) is 13.2. The molecule has 0 aliphatic carbocycles. The Labute approximate surface area is 158 Å². The van der Waals surface area contributed by atoms with E-state index in [0.717, 1.165) is 48.8 Å². The van der Waals surface area contributed by atoms with Gasteiger partial charge >= 0.3 is 0 Å². The number of nitrogens with one attached hydrogen (secondary N) is 3. The number of H-pyrrole nitrogens is 3. The monoisotopic (exact) mass is 360 g/mol. The Morgan fingerprint density at radius 2 is 2.11 bits per heavy atom. The van der Waals surface area contributed by atoms with Gasteiger partial charge in [0, 0.05) is 48.5 Å². The van der Waals surface area contributed by atoms with Gasteiger partial charge in [0.1, 0.15) is 5.82 Å². The number of hydrogen-bond acceptors (Lipinski definition) is 3. The number of aromatic amines is 3. The number of fused-ring (bicyclic) bond motifs is 2. The third-order valence-electron chi connectivity index (χ3n) is 5.59. The zero-order chi connectivity index (χ0) is 18.4. The van der Waals surface area contributed by atoms with Gasteiger partial charge in [0.2, 0.25) is 0 Å². The van der Waals surface area contributed by atoms with E-state index >= 15 is 0 Å². The fourth-order valence-electron chi connectivity index (χ4n) is 4.16. The summed E-state index contributed by atoms with van der Waals surface area (Å²) in [4.78, 5) is 22.3. The molecule has 0 radical (unpaired) electrons. The van der Waals surface area contributed by atoms with Crippen LogP contribution in [0.1, 0.15) is 47.3 Å². The smallest absolute Gasteiger partial charge is 0.106 e. The molecule has 0 fully saturated rings. The van der Waals surface area contributed by atoms with Gasteiger partial charge in [-0.05, 0) is 24.4 Å². The first kappa shape index (κ1) is 16.3. The second-order valence-corrected chi connectivity index (χ2v) is 7.31. The zero-order valence-corrected chi connectivity index (χ0v) is 15.7. The highest BCUT2D eigenvalue weighted by Crippen LogP contribution is 2.35. The molecule has 0 amide bonds. The molecule has 1 aliphatic heterocycles. The number of hydrogen-bond donors (Lipinski definition) is 3. The van der Waals surface area contributed by atoms with Crippen LogP contribution in [0.3, 0.4) is 0 Å². The van der Waals surface area contributed by atoms with Gasteiger partial charge in [0.05, 0.1) is 23.8 Å². The van der Waals surface area contributed by atoms with E-state index in [2.05, 4.69) is 69.0 Å². The molecule has 1 aromatic carbocycles. The minimum atomic E-state index is 0.105. The van der Waals surface area contributed by atoms with E-state index in [4.69, 9.17) is 4.98 Å². The highest BCUT2D eigenvalue weighted by molar-refractivity contribution is 5.80. The molecule has 6 nitrogen and oxygen atoms in total. The molecule has 0 saturated carbocycles. The Balaban J connectivity index is 1.56. The zero-order valence-electron chi connectivity index (χ0n) is 15.7. The normalized spacial score (nSPS) is 17.5. The Morgan fingerprint density at radius 1 is 1.22 bits per heavy atom. The van der Waals surface area contributed by atoms with Crippen LogP contribution in [0.4, 0.5) is 0 Å². The summed E-state index contributed by atoms with van der Waals surface area (Å²) in [5, 5.41) is 1.24. The predicted molar refractivity (Wildman–Crippen MR) is 106 cm³/mol. The lowest BCUT2D eigenvalue weighted by Crippen LogP contribution is -2.36. The minimum absolute atomic E-state index is 0.105. The van der Waals surface area contributed by atoms with Crippen LogP contribution < -0.4 is 0 Å². The number of para-hydroxylation sites is 1. The van der Waals surface area contributed by atoms with E-state index in [-0.39, 0.29) is 6.04 Å². The maximum Gasteiger partial charge on any atom is 0.106 e. The van der Waals surface area contributed by atoms with Crippen molar-refractivity contribution < 1.29 is 0 Å². The highest BCUT2D eigenvalue weighted by atomic mass is 15.2. The standard InChI is InChI=1S/C21H24N6/c1-3-19-24-13(2)18(26-19)11-27-9-8-16-20(23-12-22-16)21(27)17-10-14-6-4-5-7-15(14)25-17/h4-7,10,12,21,25H,3,8-9,11H2,1-2H3,(H,22,23)(H,24,26)/t21-/m0/s1. The van der Waals surface area contributed by atoms with Crippen molar-refractivity contribution in [2.75, 3.05) is 6.54 Å². The topological polar surface area (TPSA) is 76.4 Å². The third-order valence-corrected chi connectivity index (χ3v) is 5.59. The van der Waals surface area contributed by atoms with Crippen molar-refractivity contribution in [1.82, 2.24) is 29.8 Å². The molecule has 138 valence electrons. The van der Waals surface area contributed by atoms with Gasteiger partial charge in [-0.15, -0.1) is 0 Å². The fraction of sp³-hybridized carbons (Fsp3) is 0.333. The number of nitrogens with zero attached hydrogens (tertiary/aromatic N) is 3. The van der Waals surface area contributed by atoms with E-state index in [1.165, 1.54) is 22.3 Å². The second kappa shape index (κ2) is 6.39. The van der Waals surface area contributed by atoms with Crippen molar-refractivity contribution in [3.05, 3.63) is 71.0 Å². The third kappa shape index (κ3) is 2.77. The molecule has 3 N–H and O–H groups in total. The van der Waals surface area contributed by atoms with Crippen molar-refractivity contribution in [1.29, 1.82) is 0 Å². The van der Waals surface area contributed by atoms with Crippen LogP contribution in [0.25, 0.3) is 10.9 Å². The molecule has 4 heterocycles. The molecule has 0 saturated heterocycles. The van der Waals surface area contributed by atoms with Gasteiger partial charge in [-0.3, -0.25) is 4.90 Å². The van der Waals surface area contributed by atoms with Crippen molar-refractivity contribution in [2.45, 2.75) is 39.3 Å². The van der Waals surface area contributed by atoms with Gasteiger partial charge in [0.15, 0.2) is 0 Å². The summed E-state index contributed by atoms with van der Waals surface area (Å²) in [6.45, 7) is 6.03. The van der Waals surface area contributed by atoms with Crippen molar-refractivity contribution in [3.63, 3.8) is 0 Å². The van der Waals surface area contributed by atoms with Gasteiger partial charge in [-0.2, -0.15) is 0 Å². The molecule has 3 aromatic heterocycles. The number of benzene rings is 1. The minimum Gasteiger partial charge on any atom is -0.357 e. The second-order valence-electron chi connectivity index (χ2n) is 7.31. The number of aromatic nitrogens is 5. The highest BCUT2D eigenvalue weighted by Gasteiger charge is 2.32. The molecule has 1 atom stereocenters. The first-order valence-electron chi connectivity index (χ1n) is 9.61. The van der Waals surface area contributed by atoms with Crippen LogP contribution in [0, 0.1) is 6.92 Å². The van der Waals surface area contributed by atoms with Gasteiger partial charge < -0.3 is 15.0 Å². The largest absolute Gasteiger partial charge is 0.357 e. The van der Waals surface area contributed by atoms with Crippen molar-refractivity contribution >= 4 is 10.9 Å². The van der Waals surface area contributed by atoms with Crippen molar-refractivity contribution in [3.8, 4) is 0 Å². The summed E-state index contributed by atoms with van der Waals surface area (Å²) < 4.78 is 0. The van der Waals surface area contributed by atoms with Crippen molar-refractivity contribution in [2.24, 2.45) is 0 Å². The molecule has 0 unspecified atom stereocenters. The molecule has 6 heteroatoms. The Morgan fingerprint density at radius 3 is 2.93 bits per heavy atom. The number of aryl methyl sites for hydroxylation is 2. The van der Waals surface area contributed by atoms with Crippen LogP contribution in [0.5, 0.6) is 0 Å². The lowest BCUT2D eigenvalue weighted by Gasteiger charge is -2.34. The van der Waals surface area contributed by atoms with Crippen LogP contribution in [-0.2, 0) is 19.4 Å². The maximum absolute atomic E-state index is 4.80. The maximum atomic E-state index is 4.80. The quantitative estimate of drug-likeness (QED) is 0.520. The van der Waals surface area contributed by atoms with E-state index in [9.17, 15) is 0 Å². The summed E-state index contributed by atoms with van der Waals surface area (Å²) in [6, 6.07) is 10.8. The molecule has 1 aliphatic rings.